The molecule has 0 radical (unpaired) electrons. The number of nitrogens with zero attached hydrogens (tertiary/aromatic N) is 1. The maximum atomic E-state index is 12.4. The molecule has 1 heterocycles. The van der Waals surface area contributed by atoms with Crippen LogP contribution in [0.25, 0.3) is 0 Å². The highest BCUT2D eigenvalue weighted by Gasteiger charge is 2.38. The number of hydrogen-bond donors (Lipinski definition) is 1. The average Bonchev–Trinajstić information content (AvgIpc) is 2.94. The number of rotatable bonds is 3. The number of carbonyl (C=O) groups is 1. The number of benzene rings is 2. The Bertz CT molecular complexity index is 886. The minimum Gasteiger partial charge on any atom is -0.364 e. The summed E-state index contributed by atoms with van der Waals surface area (Å²) in [6, 6.07) is 13.9. The highest BCUT2D eigenvalue weighted by Crippen LogP contribution is 2.46. The monoisotopic (exact) mass is 376 g/mol. The molecule has 0 aromatic heterocycles. The van der Waals surface area contributed by atoms with Gasteiger partial charge < -0.3 is 10.2 Å². The molecule has 0 saturated carbocycles. The number of hydrogen-bond acceptors (Lipinski definition) is 2. The molecule has 4 rings (SSSR count). The Morgan fingerprint density at radius 3 is 2.50 bits per heavy atom. The zero-order chi connectivity index (χ0) is 20.1. The maximum absolute atomic E-state index is 12.4. The summed E-state index contributed by atoms with van der Waals surface area (Å²) in [6.45, 7) is 11.6. The molecule has 1 saturated heterocycles. The summed E-state index contributed by atoms with van der Waals surface area (Å²) >= 11 is 0. The van der Waals surface area contributed by atoms with Gasteiger partial charge in [0.15, 0.2) is 0 Å². The molecular formula is C25H32N2O. The van der Waals surface area contributed by atoms with E-state index < -0.39 is 0 Å². The Kier molecular flexibility index (Phi) is 4.73. The Hall–Kier alpha value is -2.29. The van der Waals surface area contributed by atoms with Crippen LogP contribution in [-0.4, -0.2) is 12.5 Å². The van der Waals surface area contributed by atoms with E-state index in [1.54, 1.807) is 0 Å². The lowest BCUT2D eigenvalue weighted by Gasteiger charge is -2.30. The van der Waals surface area contributed by atoms with E-state index in [0.29, 0.717) is 12.5 Å². The van der Waals surface area contributed by atoms with Crippen molar-refractivity contribution in [3.05, 3.63) is 58.7 Å². The zero-order valence-corrected chi connectivity index (χ0v) is 17.8. The van der Waals surface area contributed by atoms with E-state index in [-0.39, 0.29) is 11.3 Å². The first kappa shape index (κ1) is 19.0. The van der Waals surface area contributed by atoms with Gasteiger partial charge in [-0.25, -0.2) is 0 Å². The van der Waals surface area contributed by atoms with Crippen molar-refractivity contribution in [2.24, 2.45) is 11.3 Å². The maximum Gasteiger partial charge on any atom is 0.224 e. The summed E-state index contributed by atoms with van der Waals surface area (Å²) in [7, 11) is 0. The van der Waals surface area contributed by atoms with Crippen LogP contribution in [0, 0.1) is 25.2 Å². The van der Waals surface area contributed by atoms with Crippen LogP contribution in [0.5, 0.6) is 0 Å². The smallest absolute Gasteiger partial charge is 0.224 e. The van der Waals surface area contributed by atoms with E-state index in [9.17, 15) is 4.79 Å². The van der Waals surface area contributed by atoms with Gasteiger partial charge in [-0.15, -0.1) is 0 Å². The Balaban J connectivity index is 1.60. The van der Waals surface area contributed by atoms with Crippen LogP contribution in [-0.2, 0) is 11.2 Å². The molecular weight excluding hydrogens is 344 g/mol. The van der Waals surface area contributed by atoms with Gasteiger partial charge in [0.05, 0.1) is 6.04 Å². The van der Waals surface area contributed by atoms with E-state index in [1.807, 2.05) is 0 Å². The van der Waals surface area contributed by atoms with Gasteiger partial charge in [0.1, 0.15) is 0 Å². The minimum atomic E-state index is -0.00768. The third-order valence-corrected chi connectivity index (χ3v) is 6.11. The molecule has 2 aromatic rings. The van der Waals surface area contributed by atoms with Gasteiger partial charge in [0.2, 0.25) is 5.91 Å². The van der Waals surface area contributed by atoms with Crippen LogP contribution in [0.3, 0.4) is 0 Å². The van der Waals surface area contributed by atoms with Crippen molar-refractivity contribution in [3.8, 4) is 0 Å². The summed E-state index contributed by atoms with van der Waals surface area (Å²) < 4.78 is 0. The van der Waals surface area contributed by atoms with Crippen LogP contribution in [0.4, 0.5) is 11.4 Å². The SMILES string of the molecule is Cc1cc(N2CC3Cc4ccccc4C2C3)cc(C)c1NC(=O)CC(C)(C)C. The molecule has 3 nitrogen and oxygen atoms in total. The highest BCUT2D eigenvalue weighted by atomic mass is 16.1. The summed E-state index contributed by atoms with van der Waals surface area (Å²) in [5.74, 6) is 0.837. The van der Waals surface area contributed by atoms with Crippen molar-refractivity contribution in [2.75, 3.05) is 16.8 Å². The quantitative estimate of drug-likeness (QED) is 0.734. The van der Waals surface area contributed by atoms with Crippen molar-refractivity contribution in [2.45, 2.75) is 59.9 Å². The average molecular weight is 377 g/mol. The molecule has 1 aliphatic heterocycles. The first-order valence-corrected chi connectivity index (χ1v) is 10.5. The molecule has 3 heteroatoms. The van der Waals surface area contributed by atoms with Crippen molar-refractivity contribution < 1.29 is 4.79 Å². The highest BCUT2D eigenvalue weighted by molar-refractivity contribution is 5.93. The van der Waals surface area contributed by atoms with Gasteiger partial charge in [-0.2, -0.15) is 0 Å². The summed E-state index contributed by atoms with van der Waals surface area (Å²) in [5.41, 5.74) is 7.55. The van der Waals surface area contributed by atoms with Crippen LogP contribution in [0.1, 0.15) is 61.9 Å². The summed E-state index contributed by atoms with van der Waals surface area (Å²) in [4.78, 5) is 15.0. The third-order valence-electron chi connectivity index (χ3n) is 6.11. The summed E-state index contributed by atoms with van der Waals surface area (Å²) in [6.07, 6.45) is 2.97. The molecule has 1 N–H and O–H groups in total. The van der Waals surface area contributed by atoms with E-state index in [2.05, 4.69) is 81.2 Å². The second-order valence-corrected chi connectivity index (χ2v) is 9.91. The fourth-order valence-corrected chi connectivity index (χ4v) is 4.98. The number of nitrogens with one attached hydrogen (secondary N) is 1. The van der Waals surface area contributed by atoms with Crippen LogP contribution >= 0.6 is 0 Å². The Labute approximate surface area is 169 Å². The molecule has 28 heavy (non-hydrogen) atoms. The molecule has 148 valence electrons. The van der Waals surface area contributed by atoms with E-state index in [4.69, 9.17) is 0 Å². The molecule has 2 unspecified atom stereocenters. The molecule has 2 aliphatic rings. The third kappa shape index (κ3) is 3.67. The molecule has 2 bridgehead atoms. The van der Waals surface area contributed by atoms with Gasteiger partial charge in [-0.05, 0) is 72.4 Å². The largest absolute Gasteiger partial charge is 0.364 e. The number of amides is 1. The van der Waals surface area contributed by atoms with Gasteiger partial charge in [-0.3, -0.25) is 4.79 Å². The minimum absolute atomic E-state index is 0.00768. The van der Waals surface area contributed by atoms with Crippen LogP contribution in [0.15, 0.2) is 36.4 Å². The number of fused-ring (bicyclic) bond motifs is 4. The van der Waals surface area contributed by atoms with Gasteiger partial charge in [0, 0.05) is 24.3 Å². The molecule has 1 aliphatic carbocycles. The molecule has 0 spiro atoms. The zero-order valence-electron chi connectivity index (χ0n) is 17.8. The number of anilines is 2. The van der Waals surface area contributed by atoms with Crippen molar-refractivity contribution in [3.63, 3.8) is 0 Å². The fraction of sp³-hybridized carbons (Fsp3) is 0.480. The van der Waals surface area contributed by atoms with E-state index in [0.717, 1.165) is 29.3 Å². The second-order valence-electron chi connectivity index (χ2n) is 9.91. The standard InChI is InChI=1S/C25H32N2O/c1-16-10-20(11-17(2)24(16)26-23(28)14-25(3,4)5)27-15-18-12-19-8-6-7-9-21(19)22(27)13-18/h6-11,18,22H,12-15H2,1-5H3,(H,26,28). The Morgan fingerprint density at radius 2 is 1.82 bits per heavy atom. The predicted octanol–water partition coefficient (Wildman–Crippen LogP) is 5.80. The fourth-order valence-electron chi connectivity index (χ4n) is 4.98. The van der Waals surface area contributed by atoms with Crippen molar-refractivity contribution in [1.29, 1.82) is 0 Å². The lowest BCUT2D eigenvalue weighted by Crippen LogP contribution is -2.23. The van der Waals surface area contributed by atoms with Crippen LogP contribution < -0.4 is 10.2 Å². The Morgan fingerprint density at radius 1 is 1.14 bits per heavy atom. The van der Waals surface area contributed by atoms with Crippen LogP contribution in [0.2, 0.25) is 0 Å². The van der Waals surface area contributed by atoms with Crippen molar-refractivity contribution >= 4 is 17.3 Å². The molecule has 1 fully saturated rings. The number of aryl methyl sites for hydroxylation is 2. The normalized spacial score (nSPS) is 20.8. The topological polar surface area (TPSA) is 32.3 Å². The van der Waals surface area contributed by atoms with E-state index in [1.165, 1.54) is 29.7 Å². The summed E-state index contributed by atoms with van der Waals surface area (Å²) in [5, 5.41) is 3.16. The van der Waals surface area contributed by atoms with Gasteiger partial charge >= 0.3 is 0 Å². The molecule has 2 aromatic carbocycles. The predicted molar refractivity (Wildman–Crippen MR) is 117 cm³/mol. The lowest BCUT2D eigenvalue weighted by atomic mass is 9.84. The second kappa shape index (κ2) is 6.95. The van der Waals surface area contributed by atoms with Crippen molar-refractivity contribution in [1.82, 2.24) is 0 Å². The molecule has 1 amide bonds. The first-order chi connectivity index (χ1) is 13.2. The first-order valence-electron chi connectivity index (χ1n) is 10.5. The number of carbonyl (C=O) groups excluding carboxylic acids is 1. The molecule has 2 atom stereocenters. The lowest BCUT2D eigenvalue weighted by molar-refractivity contribution is -0.117. The van der Waals surface area contributed by atoms with Gasteiger partial charge in [-0.1, -0.05) is 45.0 Å². The van der Waals surface area contributed by atoms with Gasteiger partial charge in [0.25, 0.3) is 0 Å². The van der Waals surface area contributed by atoms with E-state index >= 15 is 0 Å².